The van der Waals surface area contributed by atoms with E-state index in [1.165, 1.54) is 12.3 Å². The van der Waals surface area contributed by atoms with E-state index in [2.05, 4.69) is 20.6 Å². The van der Waals surface area contributed by atoms with Gasteiger partial charge in [0.15, 0.2) is 17.5 Å². The Bertz CT molecular complexity index is 978. The molecule has 26 heavy (non-hydrogen) atoms. The first-order valence-corrected chi connectivity index (χ1v) is 7.55. The minimum absolute atomic E-state index is 0.0701. The van der Waals surface area contributed by atoms with Crippen LogP contribution in [-0.4, -0.2) is 15.9 Å². The molecule has 0 aliphatic carbocycles. The van der Waals surface area contributed by atoms with Crippen molar-refractivity contribution >= 4 is 23.2 Å². The molecule has 3 aromatic rings. The molecule has 0 spiro atoms. The molecule has 0 saturated carbocycles. The first-order valence-electron chi connectivity index (χ1n) is 7.55. The quantitative estimate of drug-likeness (QED) is 0.686. The SMILES string of the molecule is Cc1cccc(Nc2nccc(C(=O)Nc3ccc(F)c(F)c3F)n2)c1. The lowest BCUT2D eigenvalue weighted by molar-refractivity contribution is 0.102. The van der Waals surface area contributed by atoms with E-state index in [4.69, 9.17) is 0 Å². The lowest BCUT2D eigenvalue weighted by atomic mass is 10.2. The van der Waals surface area contributed by atoms with Crippen molar-refractivity contribution < 1.29 is 18.0 Å². The van der Waals surface area contributed by atoms with Crippen LogP contribution in [0.15, 0.2) is 48.7 Å². The van der Waals surface area contributed by atoms with Gasteiger partial charge < -0.3 is 10.6 Å². The van der Waals surface area contributed by atoms with E-state index in [1.807, 2.05) is 25.1 Å². The second kappa shape index (κ2) is 7.22. The maximum absolute atomic E-state index is 13.7. The largest absolute Gasteiger partial charge is 0.324 e. The highest BCUT2D eigenvalue weighted by Crippen LogP contribution is 2.20. The number of nitrogens with one attached hydrogen (secondary N) is 2. The van der Waals surface area contributed by atoms with Crippen molar-refractivity contribution in [1.82, 2.24) is 9.97 Å². The average molecular weight is 358 g/mol. The molecular weight excluding hydrogens is 345 g/mol. The summed E-state index contributed by atoms with van der Waals surface area (Å²) >= 11 is 0. The second-order valence-corrected chi connectivity index (χ2v) is 5.44. The van der Waals surface area contributed by atoms with Crippen molar-refractivity contribution in [2.75, 3.05) is 10.6 Å². The summed E-state index contributed by atoms with van der Waals surface area (Å²) in [5.41, 5.74) is 1.20. The topological polar surface area (TPSA) is 66.9 Å². The zero-order valence-electron chi connectivity index (χ0n) is 13.6. The van der Waals surface area contributed by atoms with E-state index >= 15 is 0 Å². The highest BCUT2D eigenvalue weighted by molar-refractivity contribution is 6.03. The molecule has 0 fully saturated rings. The molecule has 1 aromatic heterocycles. The fourth-order valence-electron chi connectivity index (χ4n) is 2.21. The first-order chi connectivity index (χ1) is 12.4. The molecule has 0 aliphatic rings. The van der Waals surface area contributed by atoms with Gasteiger partial charge >= 0.3 is 0 Å². The number of anilines is 3. The molecule has 0 atom stereocenters. The number of amides is 1. The minimum atomic E-state index is -1.66. The van der Waals surface area contributed by atoms with Crippen LogP contribution in [0.25, 0.3) is 0 Å². The van der Waals surface area contributed by atoms with Crippen LogP contribution >= 0.6 is 0 Å². The summed E-state index contributed by atoms with van der Waals surface area (Å²) in [4.78, 5) is 20.3. The summed E-state index contributed by atoms with van der Waals surface area (Å²) in [6, 6.07) is 10.4. The number of nitrogens with zero attached hydrogens (tertiary/aromatic N) is 2. The van der Waals surface area contributed by atoms with Crippen molar-refractivity contribution in [2.24, 2.45) is 0 Å². The van der Waals surface area contributed by atoms with E-state index in [9.17, 15) is 18.0 Å². The van der Waals surface area contributed by atoms with E-state index in [0.29, 0.717) is 0 Å². The van der Waals surface area contributed by atoms with Gasteiger partial charge in [0.1, 0.15) is 5.69 Å². The van der Waals surface area contributed by atoms with Crippen LogP contribution in [-0.2, 0) is 0 Å². The van der Waals surface area contributed by atoms with Crippen molar-refractivity contribution in [3.63, 3.8) is 0 Å². The number of aryl methyl sites for hydroxylation is 1. The van der Waals surface area contributed by atoms with E-state index in [1.54, 1.807) is 6.07 Å². The van der Waals surface area contributed by atoms with E-state index in [-0.39, 0.29) is 11.6 Å². The van der Waals surface area contributed by atoms with Crippen molar-refractivity contribution in [1.29, 1.82) is 0 Å². The fraction of sp³-hybridized carbons (Fsp3) is 0.0556. The maximum atomic E-state index is 13.7. The number of aromatic nitrogens is 2. The highest BCUT2D eigenvalue weighted by atomic mass is 19.2. The van der Waals surface area contributed by atoms with Gasteiger partial charge in [-0.15, -0.1) is 0 Å². The molecule has 1 heterocycles. The molecule has 1 amide bonds. The Hall–Kier alpha value is -3.42. The summed E-state index contributed by atoms with van der Waals surface area (Å²) in [6.45, 7) is 1.92. The van der Waals surface area contributed by atoms with Gasteiger partial charge in [0.25, 0.3) is 5.91 Å². The van der Waals surface area contributed by atoms with Gasteiger partial charge in [0, 0.05) is 11.9 Å². The van der Waals surface area contributed by atoms with E-state index < -0.39 is 29.0 Å². The second-order valence-electron chi connectivity index (χ2n) is 5.44. The summed E-state index contributed by atoms with van der Waals surface area (Å²) in [7, 11) is 0. The number of rotatable bonds is 4. The van der Waals surface area contributed by atoms with Gasteiger partial charge in [-0.3, -0.25) is 4.79 Å². The number of carbonyl (C=O) groups is 1. The van der Waals surface area contributed by atoms with Gasteiger partial charge in [0.2, 0.25) is 5.95 Å². The Labute approximate surface area is 146 Å². The zero-order chi connectivity index (χ0) is 18.7. The smallest absolute Gasteiger partial charge is 0.274 e. The van der Waals surface area contributed by atoms with Crippen molar-refractivity contribution in [2.45, 2.75) is 6.92 Å². The van der Waals surface area contributed by atoms with Gasteiger partial charge in [-0.1, -0.05) is 12.1 Å². The molecule has 3 rings (SSSR count). The number of benzene rings is 2. The Balaban J connectivity index is 1.79. The molecule has 0 aliphatic heterocycles. The molecule has 8 heteroatoms. The minimum Gasteiger partial charge on any atom is -0.324 e. The van der Waals surface area contributed by atoms with Crippen LogP contribution in [0.2, 0.25) is 0 Å². The average Bonchev–Trinajstić information content (AvgIpc) is 2.62. The first kappa shape index (κ1) is 17.4. The van der Waals surface area contributed by atoms with Gasteiger partial charge in [0.05, 0.1) is 5.69 Å². The van der Waals surface area contributed by atoms with Gasteiger partial charge in [-0.2, -0.15) is 0 Å². The fourth-order valence-corrected chi connectivity index (χ4v) is 2.21. The number of hydrogen-bond donors (Lipinski definition) is 2. The summed E-state index contributed by atoms with van der Waals surface area (Å²) in [6.07, 6.45) is 1.35. The Morgan fingerprint density at radius 2 is 1.85 bits per heavy atom. The standard InChI is InChI=1S/C18H13F3N4O/c1-10-3-2-4-11(9-10)23-18-22-8-7-14(25-18)17(26)24-13-6-5-12(19)15(20)16(13)21/h2-9H,1H3,(H,24,26)(H,22,23,25). The predicted molar refractivity (Wildman–Crippen MR) is 90.8 cm³/mol. The molecular formula is C18H13F3N4O. The number of carbonyl (C=O) groups excluding carboxylic acids is 1. The number of hydrogen-bond acceptors (Lipinski definition) is 4. The van der Waals surface area contributed by atoms with Crippen LogP contribution in [0.3, 0.4) is 0 Å². The molecule has 132 valence electrons. The normalized spacial score (nSPS) is 10.5. The number of halogens is 3. The summed E-state index contributed by atoms with van der Waals surface area (Å²) < 4.78 is 39.9. The van der Waals surface area contributed by atoms with Crippen LogP contribution in [0, 0.1) is 24.4 Å². The summed E-state index contributed by atoms with van der Waals surface area (Å²) in [5.74, 6) is -5.11. The van der Waals surface area contributed by atoms with Gasteiger partial charge in [-0.05, 0) is 42.8 Å². The molecule has 2 aromatic carbocycles. The third-order valence-corrected chi connectivity index (χ3v) is 3.45. The van der Waals surface area contributed by atoms with Gasteiger partial charge in [-0.25, -0.2) is 23.1 Å². The van der Waals surface area contributed by atoms with Crippen molar-refractivity contribution in [3.8, 4) is 0 Å². The Kier molecular flexibility index (Phi) is 4.83. The Morgan fingerprint density at radius 3 is 2.62 bits per heavy atom. The molecule has 0 saturated heterocycles. The molecule has 0 radical (unpaired) electrons. The molecule has 5 nitrogen and oxygen atoms in total. The predicted octanol–water partition coefficient (Wildman–Crippen LogP) is 4.20. The molecule has 0 bridgehead atoms. The maximum Gasteiger partial charge on any atom is 0.274 e. The van der Waals surface area contributed by atoms with E-state index in [0.717, 1.165) is 23.4 Å². The zero-order valence-corrected chi connectivity index (χ0v) is 13.6. The third kappa shape index (κ3) is 3.80. The monoisotopic (exact) mass is 358 g/mol. The lowest BCUT2D eigenvalue weighted by Gasteiger charge is -2.09. The summed E-state index contributed by atoms with van der Waals surface area (Å²) in [5, 5.41) is 5.10. The highest BCUT2D eigenvalue weighted by Gasteiger charge is 2.17. The van der Waals surface area contributed by atoms with Crippen molar-refractivity contribution in [3.05, 3.63) is 77.4 Å². The Morgan fingerprint density at radius 1 is 1.04 bits per heavy atom. The third-order valence-electron chi connectivity index (χ3n) is 3.45. The van der Waals surface area contributed by atoms with Crippen LogP contribution in [0.1, 0.15) is 16.1 Å². The van der Waals surface area contributed by atoms with Crippen LogP contribution in [0.4, 0.5) is 30.5 Å². The lowest BCUT2D eigenvalue weighted by Crippen LogP contribution is -2.16. The van der Waals surface area contributed by atoms with Crippen LogP contribution in [0.5, 0.6) is 0 Å². The molecule has 0 unspecified atom stereocenters. The molecule has 2 N–H and O–H groups in total. The van der Waals surface area contributed by atoms with Crippen LogP contribution < -0.4 is 10.6 Å².